The van der Waals surface area contributed by atoms with Crippen LogP contribution in [-0.4, -0.2) is 35.3 Å². The number of nitrogens with two attached hydrogens (primary N) is 1. The zero-order valence-electron chi connectivity index (χ0n) is 12.2. The van der Waals surface area contributed by atoms with Crippen molar-refractivity contribution in [1.82, 2.24) is 15.4 Å². The molecule has 19 heavy (non-hydrogen) atoms. The largest absolute Gasteiger partial charge is 0.393 e. The Morgan fingerprint density at radius 3 is 2.53 bits per heavy atom. The fourth-order valence-corrected chi connectivity index (χ4v) is 1.38. The van der Waals surface area contributed by atoms with Crippen molar-refractivity contribution in [1.29, 1.82) is 0 Å². The van der Waals surface area contributed by atoms with Gasteiger partial charge in [0.05, 0.1) is 6.61 Å². The molecule has 0 amide bonds. The minimum absolute atomic E-state index is 0.0890. The number of methoxy groups -OCH3 is 1. The highest BCUT2D eigenvalue weighted by molar-refractivity contribution is 5.73. The third-order valence-electron chi connectivity index (χ3n) is 2.24. The number of hydrazine groups is 1. The van der Waals surface area contributed by atoms with Crippen LogP contribution in [0.5, 0.6) is 0 Å². The molecular weight excluding hydrogens is 244 g/mol. The van der Waals surface area contributed by atoms with Crippen molar-refractivity contribution in [3.63, 3.8) is 0 Å². The van der Waals surface area contributed by atoms with Gasteiger partial charge in [-0.25, -0.2) is 15.4 Å². The fraction of sp³-hybridized carbons (Fsp3) is 0.667. The molecule has 1 unspecified atom stereocenters. The van der Waals surface area contributed by atoms with E-state index in [4.69, 9.17) is 10.5 Å². The SMILES string of the molecule is COCC(C)Nc1ncnc(NNC(C)(C)C)c1N. The van der Waals surface area contributed by atoms with Gasteiger partial charge in [0.2, 0.25) is 0 Å². The number of nitrogen functional groups attached to an aromatic ring is 1. The van der Waals surface area contributed by atoms with E-state index in [0.29, 0.717) is 23.9 Å². The number of aromatic nitrogens is 2. The van der Waals surface area contributed by atoms with Crippen LogP contribution < -0.4 is 21.9 Å². The summed E-state index contributed by atoms with van der Waals surface area (Å²) in [5, 5.41) is 3.18. The van der Waals surface area contributed by atoms with Crippen molar-refractivity contribution < 1.29 is 4.74 Å². The summed E-state index contributed by atoms with van der Waals surface area (Å²) in [5.41, 5.74) is 12.5. The highest BCUT2D eigenvalue weighted by Crippen LogP contribution is 2.22. The monoisotopic (exact) mass is 268 g/mol. The van der Waals surface area contributed by atoms with Crippen LogP contribution >= 0.6 is 0 Å². The Labute approximate surface area is 114 Å². The second kappa shape index (κ2) is 6.53. The molecule has 0 bridgehead atoms. The maximum absolute atomic E-state index is 6.03. The lowest BCUT2D eigenvalue weighted by Crippen LogP contribution is -2.40. The van der Waals surface area contributed by atoms with Gasteiger partial charge < -0.3 is 21.2 Å². The summed E-state index contributed by atoms with van der Waals surface area (Å²) >= 11 is 0. The smallest absolute Gasteiger partial charge is 0.169 e. The minimum Gasteiger partial charge on any atom is -0.393 e. The molecule has 7 nitrogen and oxygen atoms in total. The Hall–Kier alpha value is -1.60. The summed E-state index contributed by atoms with van der Waals surface area (Å²) < 4.78 is 5.06. The average Bonchev–Trinajstić information content (AvgIpc) is 2.29. The van der Waals surface area contributed by atoms with E-state index in [-0.39, 0.29) is 11.6 Å². The molecule has 1 rings (SSSR count). The van der Waals surface area contributed by atoms with E-state index in [2.05, 4.69) is 26.1 Å². The highest BCUT2D eigenvalue weighted by atomic mass is 16.5. The lowest BCUT2D eigenvalue weighted by molar-refractivity contribution is 0.190. The molecule has 0 aliphatic rings. The molecule has 0 aromatic carbocycles. The summed E-state index contributed by atoms with van der Waals surface area (Å²) in [6, 6.07) is 0.116. The Bertz CT molecular complexity index is 404. The van der Waals surface area contributed by atoms with Gasteiger partial charge in [0.25, 0.3) is 0 Å². The van der Waals surface area contributed by atoms with Gasteiger partial charge in [0, 0.05) is 18.7 Å². The van der Waals surface area contributed by atoms with Crippen LogP contribution in [0, 0.1) is 0 Å². The number of hydrogen-bond donors (Lipinski definition) is 4. The first-order valence-corrected chi connectivity index (χ1v) is 6.22. The Morgan fingerprint density at radius 2 is 1.95 bits per heavy atom. The van der Waals surface area contributed by atoms with Gasteiger partial charge in [-0.3, -0.25) is 0 Å². The van der Waals surface area contributed by atoms with Gasteiger partial charge in [0.15, 0.2) is 11.6 Å². The number of anilines is 3. The molecule has 1 heterocycles. The molecule has 0 saturated heterocycles. The van der Waals surface area contributed by atoms with Crippen LogP contribution in [0.2, 0.25) is 0 Å². The van der Waals surface area contributed by atoms with E-state index in [9.17, 15) is 0 Å². The van der Waals surface area contributed by atoms with Crippen molar-refractivity contribution in [3.8, 4) is 0 Å². The maximum Gasteiger partial charge on any atom is 0.169 e. The van der Waals surface area contributed by atoms with Crippen molar-refractivity contribution in [2.45, 2.75) is 39.3 Å². The van der Waals surface area contributed by atoms with E-state index in [1.165, 1.54) is 6.33 Å². The van der Waals surface area contributed by atoms with Gasteiger partial charge in [-0.15, -0.1) is 0 Å². The molecule has 108 valence electrons. The van der Waals surface area contributed by atoms with Crippen LogP contribution in [0.1, 0.15) is 27.7 Å². The van der Waals surface area contributed by atoms with Crippen molar-refractivity contribution in [2.75, 3.05) is 30.2 Å². The Morgan fingerprint density at radius 1 is 1.32 bits per heavy atom. The predicted molar refractivity (Wildman–Crippen MR) is 77.9 cm³/mol. The molecule has 0 fully saturated rings. The summed E-state index contributed by atoms with van der Waals surface area (Å²) in [7, 11) is 1.65. The van der Waals surface area contributed by atoms with Crippen LogP contribution in [-0.2, 0) is 4.74 Å². The number of ether oxygens (including phenoxy) is 1. The average molecular weight is 268 g/mol. The van der Waals surface area contributed by atoms with Crippen molar-refractivity contribution in [3.05, 3.63) is 6.33 Å². The first-order valence-electron chi connectivity index (χ1n) is 6.22. The van der Waals surface area contributed by atoms with Crippen LogP contribution in [0.15, 0.2) is 6.33 Å². The van der Waals surface area contributed by atoms with Crippen molar-refractivity contribution >= 4 is 17.3 Å². The van der Waals surface area contributed by atoms with Crippen molar-refractivity contribution in [2.24, 2.45) is 0 Å². The second-order valence-electron chi connectivity index (χ2n) is 5.49. The first kappa shape index (κ1) is 15.5. The molecule has 0 aliphatic heterocycles. The molecule has 0 radical (unpaired) electrons. The van der Waals surface area contributed by atoms with Gasteiger partial charge in [-0.05, 0) is 27.7 Å². The molecule has 5 N–H and O–H groups in total. The van der Waals surface area contributed by atoms with Crippen LogP contribution in [0.25, 0.3) is 0 Å². The summed E-state index contributed by atoms with van der Waals surface area (Å²) in [5.74, 6) is 1.15. The minimum atomic E-state index is -0.0890. The van der Waals surface area contributed by atoms with Crippen LogP contribution in [0.4, 0.5) is 17.3 Å². The highest BCUT2D eigenvalue weighted by Gasteiger charge is 2.13. The fourth-order valence-electron chi connectivity index (χ4n) is 1.38. The molecule has 1 atom stereocenters. The summed E-state index contributed by atoms with van der Waals surface area (Å²) in [4.78, 5) is 8.25. The number of nitrogens with zero attached hydrogens (tertiary/aromatic N) is 2. The summed E-state index contributed by atoms with van der Waals surface area (Å²) in [6.07, 6.45) is 1.46. The molecule has 0 saturated carbocycles. The zero-order chi connectivity index (χ0) is 14.5. The van der Waals surface area contributed by atoms with Crippen LogP contribution in [0.3, 0.4) is 0 Å². The third kappa shape index (κ3) is 5.27. The molecule has 7 heteroatoms. The van der Waals surface area contributed by atoms with Gasteiger partial charge in [0.1, 0.15) is 12.0 Å². The second-order valence-corrected chi connectivity index (χ2v) is 5.49. The zero-order valence-corrected chi connectivity index (χ0v) is 12.2. The van der Waals surface area contributed by atoms with Gasteiger partial charge >= 0.3 is 0 Å². The lowest BCUT2D eigenvalue weighted by Gasteiger charge is -2.22. The van der Waals surface area contributed by atoms with E-state index in [0.717, 1.165) is 0 Å². The molecule has 0 aliphatic carbocycles. The number of hydrogen-bond acceptors (Lipinski definition) is 7. The Balaban J connectivity index is 2.74. The standard InChI is InChI=1S/C12H24N6O/c1-8(6-19-5)16-10-9(13)11(15-7-14-10)17-18-12(2,3)4/h7-8,18H,6,13H2,1-5H3,(H2,14,15,16,17). The number of rotatable bonds is 6. The normalized spacial score (nSPS) is 13.1. The predicted octanol–water partition coefficient (Wildman–Crippen LogP) is 1.22. The molecular formula is C12H24N6O. The molecule has 0 spiro atoms. The first-order chi connectivity index (χ1) is 8.83. The lowest BCUT2D eigenvalue weighted by atomic mass is 10.1. The summed E-state index contributed by atoms with van der Waals surface area (Å²) in [6.45, 7) is 8.68. The van der Waals surface area contributed by atoms with Gasteiger partial charge in [-0.2, -0.15) is 0 Å². The van der Waals surface area contributed by atoms with E-state index in [1.807, 2.05) is 27.7 Å². The van der Waals surface area contributed by atoms with Gasteiger partial charge in [-0.1, -0.05) is 0 Å². The quantitative estimate of drug-likeness (QED) is 0.576. The van der Waals surface area contributed by atoms with E-state index < -0.39 is 0 Å². The molecule has 1 aromatic rings. The number of nitrogens with one attached hydrogen (secondary N) is 3. The Kier molecular flexibility index (Phi) is 5.31. The van der Waals surface area contributed by atoms with E-state index >= 15 is 0 Å². The molecule has 1 aromatic heterocycles. The topological polar surface area (TPSA) is 97.1 Å². The van der Waals surface area contributed by atoms with E-state index in [1.54, 1.807) is 7.11 Å². The third-order valence-corrected chi connectivity index (χ3v) is 2.24. The maximum atomic E-state index is 6.03.